The number of rotatable bonds is 6. The number of halogens is 5. The number of anilines is 2. The van der Waals surface area contributed by atoms with Crippen LogP contribution in [-0.2, 0) is 4.79 Å². The third kappa shape index (κ3) is 5.63. The largest absolute Gasteiger partial charge is 0.490 e. The highest BCUT2D eigenvalue weighted by Crippen LogP contribution is 2.37. The fourth-order valence-electron chi connectivity index (χ4n) is 4.50. The van der Waals surface area contributed by atoms with Crippen LogP contribution < -0.4 is 14.6 Å². The SMILES string of the molecule is CC1C(C(F)(F)F)=NN(c2ccc(OC3CCN(c4ccc(F)cc4Cl)CC3)cc2)C1CC(=O)O. The number of hydrogen-bond donors (Lipinski definition) is 1. The first-order valence-corrected chi connectivity index (χ1v) is 11.5. The molecule has 6 nitrogen and oxygen atoms in total. The third-order valence-electron chi connectivity index (χ3n) is 6.31. The number of alkyl halides is 3. The molecule has 0 aromatic heterocycles. The zero-order valence-electron chi connectivity index (χ0n) is 18.8. The van der Waals surface area contributed by atoms with Gasteiger partial charge in [-0.1, -0.05) is 18.5 Å². The fourth-order valence-corrected chi connectivity index (χ4v) is 4.79. The van der Waals surface area contributed by atoms with Crippen LogP contribution in [0.4, 0.5) is 28.9 Å². The Morgan fingerprint density at radius 2 is 1.83 bits per heavy atom. The van der Waals surface area contributed by atoms with E-state index < -0.39 is 42.1 Å². The maximum atomic E-state index is 13.4. The Morgan fingerprint density at radius 3 is 2.40 bits per heavy atom. The van der Waals surface area contributed by atoms with Crippen molar-refractivity contribution < 1.29 is 32.2 Å². The maximum Gasteiger partial charge on any atom is 0.431 e. The van der Waals surface area contributed by atoms with Gasteiger partial charge in [-0.05, 0) is 42.5 Å². The van der Waals surface area contributed by atoms with E-state index >= 15 is 0 Å². The number of hydrogen-bond acceptors (Lipinski definition) is 5. The van der Waals surface area contributed by atoms with Gasteiger partial charge in [-0.25, -0.2) is 4.39 Å². The summed E-state index contributed by atoms with van der Waals surface area (Å²) in [5, 5.41) is 14.4. The second-order valence-electron chi connectivity index (χ2n) is 8.68. The van der Waals surface area contributed by atoms with Crippen molar-refractivity contribution in [2.45, 2.75) is 44.5 Å². The Balaban J connectivity index is 1.41. The average molecular weight is 514 g/mol. The first-order valence-electron chi connectivity index (χ1n) is 11.2. The molecule has 0 radical (unpaired) electrons. The van der Waals surface area contributed by atoms with E-state index in [4.69, 9.17) is 16.3 Å². The van der Waals surface area contributed by atoms with Crippen molar-refractivity contribution in [1.82, 2.24) is 0 Å². The van der Waals surface area contributed by atoms with Gasteiger partial charge in [-0.3, -0.25) is 9.80 Å². The van der Waals surface area contributed by atoms with E-state index in [2.05, 4.69) is 10.0 Å². The van der Waals surface area contributed by atoms with Crippen molar-refractivity contribution in [2.24, 2.45) is 11.0 Å². The average Bonchev–Trinajstić information content (AvgIpc) is 3.11. The summed E-state index contributed by atoms with van der Waals surface area (Å²) in [6.45, 7) is 2.68. The van der Waals surface area contributed by atoms with Gasteiger partial charge in [-0.2, -0.15) is 18.3 Å². The van der Waals surface area contributed by atoms with Crippen molar-refractivity contribution in [3.63, 3.8) is 0 Å². The van der Waals surface area contributed by atoms with E-state index in [-0.39, 0.29) is 6.10 Å². The van der Waals surface area contributed by atoms with E-state index in [0.29, 0.717) is 42.4 Å². The van der Waals surface area contributed by atoms with Crippen LogP contribution in [0.1, 0.15) is 26.2 Å². The molecule has 11 heteroatoms. The number of nitrogens with zero attached hydrogens (tertiary/aromatic N) is 3. The van der Waals surface area contributed by atoms with Crippen molar-refractivity contribution in [2.75, 3.05) is 23.0 Å². The number of ether oxygens (including phenoxy) is 1. The minimum Gasteiger partial charge on any atom is -0.490 e. The molecular weight excluding hydrogens is 490 g/mol. The van der Waals surface area contributed by atoms with Gasteiger partial charge < -0.3 is 14.7 Å². The number of benzene rings is 2. The number of carboxylic acids is 1. The Labute approximate surface area is 204 Å². The molecule has 1 N–H and O–H groups in total. The zero-order chi connectivity index (χ0) is 25.3. The molecule has 35 heavy (non-hydrogen) atoms. The van der Waals surface area contributed by atoms with E-state index in [1.54, 1.807) is 30.3 Å². The van der Waals surface area contributed by atoms with Gasteiger partial charge in [-0.15, -0.1) is 0 Å². The fraction of sp³-hybridized carbons (Fsp3) is 0.417. The van der Waals surface area contributed by atoms with Crippen LogP contribution in [0.2, 0.25) is 5.02 Å². The molecule has 2 aromatic rings. The molecular formula is C24H24ClF4N3O3. The van der Waals surface area contributed by atoms with Gasteiger partial charge in [0, 0.05) is 31.8 Å². The van der Waals surface area contributed by atoms with Gasteiger partial charge in [0.1, 0.15) is 23.4 Å². The topological polar surface area (TPSA) is 65.4 Å². The minimum atomic E-state index is -4.64. The second kappa shape index (κ2) is 9.93. The van der Waals surface area contributed by atoms with Crippen LogP contribution in [0, 0.1) is 11.7 Å². The van der Waals surface area contributed by atoms with Crippen molar-refractivity contribution in [1.29, 1.82) is 0 Å². The van der Waals surface area contributed by atoms with E-state index in [1.165, 1.54) is 19.1 Å². The number of aliphatic carboxylic acids is 1. The highest BCUT2D eigenvalue weighted by Gasteiger charge is 2.48. The quantitative estimate of drug-likeness (QED) is 0.499. The molecule has 2 unspecified atom stereocenters. The van der Waals surface area contributed by atoms with Gasteiger partial charge in [0.25, 0.3) is 0 Å². The summed E-state index contributed by atoms with van der Waals surface area (Å²) in [5.74, 6) is -2.12. The van der Waals surface area contributed by atoms with Crippen LogP contribution in [0.15, 0.2) is 47.6 Å². The molecule has 0 saturated carbocycles. The lowest BCUT2D eigenvalue weighted by Gasteiger charge is -2.34. The molecule has 0 aliphatic carbocycles. The summed E-state index contributed by atoms with van der Waals surface area (Å²) in [4.78, 5) is 13.3. The molecule has 2 heterocycles. The van der Waals surface area contributed by atoms with Gasteiger partial charge in [0.15, 0.2) is 0 Å². The van der Waals surface area contributed by atoms with Crippen LogP contribution in [0.25, 0.3) is 0 Å². The molecule has 1 saturated heterocycles. The van der Waals surface area contributed by atoms with E-state index in [9.17, 15) is 27.5 Å². The molecule has 2 aliphatic rings. The van der Waals surface area contributed by atoms with Gasteiger partial charge >= 0.3 is 12.1 Å². The van der Waals surface area contributed by atoms with Crippen LogP contribution >= 0.6 is 11.6 Å². The van der Waals surface area contributed by atoms with Crippen molar-refractivity contribution in [3.05, 3.63) is 53.3 Å². The van der Waals surface area contributed by atoms with Gasteiger partial charge in [0.05, 0.1) is 28.9 Å². The lowest BCUT2D eigenvalue weighted by Crippen LogP contribution is -2.38. The first kappa shape index (κ1) is 25.1. The Bertz CT molecular complexity index is 1100. The Morgan fingerprint density at radius 1 is 1.17 bits per heavy atom. The highest BCUT2D eigenvalue weighted by molar-refractivity contribution is 6.33. The molecule has 4 rings (SSSR count). The second-order valence-corrected chi connectivity index (χ2v) is 9.08. The summed E-state index contributed by atoms with van der Waals surface area (Å²) in [7, 11) is 0. The zero-order valence-corrected chi connectivity index (χ0v) is 19.6. The minimum absolute atomic E-state index is 0.0715. The Kier molecular flexibility index (Phi) is 7.12. The molecule has 1 fully saturated rings. The van der Waals surface area contributed by atoms with Crippen LogP contribution in [-0.4, -0.2) is 48.2 Å². The molecule has 2 aliphatic heterocycles. The van der Waals surface area contributed by atoms with Crippen LogP contribution in [0.3, 0.4) is 0 Å². The predicted molar refractivity (Wildman–Crippen MR) is 125 cm³/mol. The third-order valence-corrected chi connectivity index (χ3v) is 6.61. The molecule has 2 atom stereocenters. The normalized spacial score (nSPS) is 21.3. The maximum absolute atomic E-state index is 13.4. The number of piperidine rings is 1. The molecule has 2 aromatic carbocycles. The van der Waals surface area contributed by atoms with Crippen molar-refractivity contribution >= 4 is 34.7 Å². The predicted octanol–water partition coefficient (Wildman–Crippen LogP) is 5.74. The number of carboxylic acid groups (broad SMARTS) is 1. The first-order chi connectivity index (χ1) is 16.5. The number of carbonyl (C=O) groups is 1. The summed E-state index contributed by atoms with van der Waals surface area (Å²) >= 11 is 6.16. The molecule has 0 spiro atoms. The smallest absolute Gasteiger partial charge is 0.431 e. The number of hydrazone groups is 1. The monoisotopic (exact) mass is 513 g/mol. The summed E-state index contributed by atoms with van der Waals surface area (Å²) in [6.07, 6.45) is -3.77. The van der Waals surface area contributed by atoms with Gasteiger partial charge in [0.2, 0.25) is 0 Å². The molecule has 188 valence electrons. The van der Waals surface area contributed by atoms with Crippen molar-refractivity contribution in [3.8, 4) is 5.75 Å². The van der Waals surface area contributed by atoms with E-state index in [0.717, 1.165) is 10.7 Å². The summed E-state index contributed by atoms with van der Waals surface area (Å²) in [5.41, 5.74) is 0.137. The summed E-state index contributed by atoms with van der Waals surface area (Å²) < 4.78 is 59.4. The molecule has 0 amide bonds. The van der Waals surface area contributed by atoms with Crippen LogP contribution in [0.5, 0.6) is 5.75 Å². The Hall–Kier alpha value is -3.01. The highest BCUT2D eigenvalue weighted by atomic mass is 35.5. The lowest BCUT2D eigenvalue weighted by molar-refractivity contribution is -0.137. The van der Waals surface area contributed by atoms with E-state index in [1.807, 2.05) is 0 Å². The standard InChI is InChI=1S/C24H24ClF4N3O3/c1-14-21(13-22(33)34)32(30-23(14)24(27,28)29)16-3-5-17(6-4-16)35-18-8-10-31(11-9-18)20-7-2-15(26)12-19(20)25/h2-7,12,14,18,21H,8-11,13H2,1H3,(H,33,34). The summed E-state index contributed by atoms with van der Waals surface area (Å²) in [6, 6.07) is 9.80. The molecule has 0 bridgehead atoms. The lowest BCUT2D eigenvalue weighted by atomic mass is 9.94.